The van der Waals surface area contributed by atoms with Crippen LogP contribution in [0, 0.1) is 18.6 Å². The standard InChI is InChI=1S/C15H16F2N4OS/c1-8(14(22)18-13-6-3-10(16)7-12(13)17)23-15-20-19-9(2)21(15)11-4-5-11/h3,6-8,11H,4-5H2,1-2H3,(H,18,22)/t8-/m1/s1. The maximum Gasteiger partial charge on any atom is 0.237 e. The van der Waals surface area contributed by atoms with E-state index >= 15 is 0 Å². The average Bonchev–Trinajstić information content (AvgIpc) is 3.26. The van der Waals surface area contributed by atoms with Crippen LogP contribution in [0.3, 0.4) is 0 Å². The van der Waals surface area contributed by atoms with Crippen LogP contribution in [0.15, 0.2) is 23.4 Å². The first kappa shape index (κ1) is 15.9. The summed E-state index contributed by atoms with van der Waals surface area (Å²) in [6.07, 6.45) is 2.18. The number of thioether (sulfide) groups is 1. The zero-order chi connectivity index (χ0) is 16.6. The van der Waals surface area contributed by atoms with Crippen molar-refractivity contribution in [3.8, 4) is 0 Å². The van der Waals surface area contributed by atoms with Gasteiger partial charge < -0.3 is 9.88 Å². The molecule has 0 bridgehead atoms. The van der Waals surface area contributed by atoms with Crippen LogP contribution in [0.2, 0.25) is 0 Å². The largest absolute Gasteiger partial charge is 0.323 e. The molecule has 1 atom stereocenters. The minimum atomic E-state index is -0.799. The summed E-state index contributed by atoms with van der Waals surface area (Å²) in [5.74, 6) is -1.03. The Morgan fingerprint density at radius 3 is 2.78 bits per heavy atom. The zero-order valence-corrected chi connectivity index (χ0v) is 13.5. The first-order chi connectivity index (χ1) is 11.0. The van der Waals surface area contributed by atoms with Crippen LogP contribution in [0.4, 0.5) is 14.5 Å². The third-order valence-corrected chi connectivity index (χ3v) is 4.64. The fraction of sp³-hybridized carbons (Fsp3) is 0.400. The molecule has 1 amide bonds. The van der Waals surface area contributed by atoms with Crippen molar-refractivity contribution in [3.05, 3.63) is 35.7 Å². The van der Waals surface area contributed by atoms with Gasteiger partial charge in [-0.25, -0.2) is 8.78 Å². The predicted octanol–water partition coefficient (Wildman–Crippen LogP) is 3.32. The Balaban J connectivity index is 1.68. The van der Waals surface area contributed by atoms with Crippen LogP contribution in [-0.4, -0.2) is 25.9 Å². The van der Waals surface area contributed by atoms with Crippen LogP contribution in [0.25, 0.3) is 0 Å². The van der Waals surface area contributed by atoms with Crippen molar-refractivity contribution in [2.75, 3.05) is 5.32 Å². The van der Waals surface area contributed by atoms with E-state index in [1.54, 1.807) is 6.92 Å². The van der Waals surface area contributed by atoms with Gasteiger partial charge in [0.2, 0.25) is 5.91 Å². The summed E-state index contributed by atoms with van der Waals surface area (Å²) in [6, 6.07) is 3.46. The number of carbonyl (C=O) groups is 1. The third kappa shape index (κ3) is 3.52. The lowest BCUT2D eigenvalue weighted by atomic mass is 10.3. The molecule has 0 unspecified atom stereocenters. The average molecular weight is 338 g/mol. The Kier molecular flexibility index (Phi) is 4.34. The minimum Gasteiger partial charge on any atom is -0.323 e. The van der Waals surface area contributed by atoms with Crippen molar-refractivity contribution in [3.63, 3.8) is 0 Å². The van der Waals surface area contributed by atoms with Crippen molar-refractivity contribution in [2.24, 2.45) is 0 Å². The second-order valence-electron chi connectivity index (χ2n) is 5.50. The Bertz CT molecular complexity index is 745. The minimum absolute atomic E-state index is 0.0382. The summed E-state index contributed by atoms with van der Waals surface area (Å²) in [5, 5.41) is 10.8. The molecule has 2 aromatic rings. The topological polar surface area (TPSA) is 59.8 Å². The summed E-state index contributed by atoms with van der Waals surface area (Å²) in [4.78, 5) is 12.2. The lowest BCUT2D eigenvalue weighted by Crippen LogP contribution is -2.23. The summed E-state index contributed by atoms with van der Waals surface area (Å²) in [7, 11) is 0. The van der Waals surface area contributed by atoms with Gasteiger partial charge in [0.25, 0.3) is 0 Å². The van der Waals surface area contributed by atoms with E-state index in [0.717, 1.165) is 30.8 Å². The Labute approximate surface area is 136 Å². The molecule has 23 heavy (non-hydrogen) atoms. The van der Waals surface area contributed by atoms with Crippen molar-refractivity contribution >= 4 is 23.4 Å². The lowest BCUT2D eigenvalue weighted by Gasteiger charge is -2.13. The van der Waals surface area contributed by atoms with Gasteiger partial charge in [0.1, 0.15) is 17.5 Å². The quantitative estimate of drug-likeness (QED) is 0.850. The zero-order valence-electron chi connectivity index (χ0n) is 12.7. The van der Waals surface area contributed by atoms with Gasteiger partial charge >= 0.3 is 0 Å². The predicted molar refractivity (Wildman–Crippen MR) is 83.3 cm³/mol. The molecule has 1 heterocycles. The first-order valence-electron chi connectivity index (χ1n) is 7.30. The molecule has 0 saturated heterocycles. The van der Waals surface area contributed by atoms with E-state index in [-0.39, 0.29) is 11.6 Å². The Hall–Kier alpha value is -1.96. The highest BCUT2D eigenvalue weighted by atomic mass is 32.2. The van der Waals surface area contributed by atoms with Crippen molar-refractivity contribution in [2.45, 2.75) is 43.1 Å². The molecule has 1 aromatic heterocycles. The van der Waals surface area contributed by atoms with Gasteiger partial charge in [-0.1, -0.05) is 11.8 Å². The maximum absolute atomic E-state index is 13.6. The van der Waals surface area contributed by atoms with Crippen molar-refractivity contribution < 1.29 is 13.6 Å². The molecule has 1 saturated carbocycles. The van der Waals surface area contributed by atoms with E-state index in [2.05, 4.69) is 15.5 Å². The van der Waals surface area contributed by atoms with Gasteiger partial charge in [0.05, 0.1) is 10.9 Å². The number of rotatable bonds is 5. The molecule has 5 nitrogen and oxygen atoms in total. The SMILES string of the molecule is Cc1nnc(S[C@H](C)C(=O)Nc2ccc(F)cc2F)n1C1CC1. The molecule has 8 heteroatoms. The molecule has 0 spiro atoms. The van der Waals surface area contributed by atoms with E-state index < -0.39 is 16.9 Å². The monoisotopic (exact) mass is 338 g/mol. The van der Waals surface area contributed by atoms with Crippen LogP contribution in [0.5, 0.6) is 0 Å². The van der Waals surface area contributed by atoms with Gasteiger partial charge in [-0.15, -0.1) is 10.2 Å². The number of anilines is 1. The van der Waals surface area contributed by atoms with Gasteiger partial charge in [-0.3, -0.25) is 4.79 Å². The van der Waals surface area contributed by atoms with E-state index in [4.69, 9.17) is 0 Å². The number of nitrogens with zero attached hydrogens (tertiary/aromatic N) is 3. The van der Waals surface area contributed by atoms with Crippen LogP contribution >= 0.6 is 11.8 Å². The molecule has 1 fully saturated rings. The molecule has 1 aromatic carbocycles. The number of hydrogen-bond donors (Lipinski definition) is 1. The molecular weight excluding hydrogens is 322 g/mol. The lowest BCUT2D eigenvalue weighted by molar-refractivity contribution is -0.115. The molecule has 0 aliphatic heterocycles. The number of aromatic nitrogens is 3. The second kappa shape index (κ2) is 6.27. The smallest absolute Gasteiger partial charge is 0.237 e. The second-order valence-corrected chi connectivity index (χ2v) is 6.81. The van der Waals surface area contributed by atoms with Crippen molar-refractivity contribution in [1.29, 1.82) is 0 Å². The number of hydrogen-bond acceptors (Lipinski definition) is 4. The highest BCUT2D eigenvalue weighted by Gasteiger charge is 2.30. The van der Waals surface area contributed by atoms with Gasteiger partial charge in [-0.2, -0.15) is 0 Å². The van der Waals surface area contributed by atoms with E-state index in [9.17, 15) is 13.6 Å². The number of aryl methyl sites for hydroxylation is 1. The molecule has 122 valence electrons. The molecule has 1 N–H and O–H groups in total. The highest BCUT2D eigenvalue weighted by Crippen LogP contribution is 2.39. The van der Waals surface area contributed by atoms with Crippen molar-refractivity contribution in [1.82, 2.24) is 14.8 Å². The number of benzene rings is 1. The molecular formula is C15H16F2N4OS. The van der Waals surface area contributed by atoms with Gasteiger partial charge in [0.15, 0.2) is 5.16 Å². The fourth-order valence-electron chi connectivity index (χ4n) is 2.22. The third-order valence-electron chi connectivity index (χ3n) is 3.59. The normalized spacial score (nSPS) is 15.5. The number of halogens is 2. The molecule has 1 aliphatic carbocycles. The summed E-state index contributed by atoms with van der Waals surface area (Å²) < 4.78 is 28.5. The molecule has 1 aliphatic rings. The number of amides is 1. The van der Waals surface area contributed by atoms with Gasteiger partial charge in [-0.05, 0) is 38.8 Å². The van der Waals surface area contributed by atoms with Gasteiger partial charge in [0, 0.05) is 12.1 Å². The number of nitrogens with one attached hydrogen (secondary N) is 1. The summed E-state index contributed by atoms with van der Waals surface area (Å²) >= 11 is 1.28. The van der Waals surface area contributed by atoms with Crippen LogP contribution in [-0.2, 0) is 4.79 Å². The molecule has 0 radical (unpaired) electrons. The maximum atomic E-state index is 13.6. The Morgan fingerprint density at radius 1 is 1.39 bits per heavy atom. The number of carbonyl (C=O) groups excluding carboxylic acids is 1. The van der Waals surface area contributed by atoms with Crippen LogP contribution in [0.1, 0.15) is 31.6 Å². The summed E-state index contributed by atoms with van der Waals surface area (Å²) in [6.45, 7) is 3.59. The van der Waals surface area contributed by atoms with E-state index in [1.807, 2.05) is 11.5 Å². The van der Waals surface area contributed by atoms with E-state index in [0.29, 0.717) is 11.2 Å². The van der Waals surface area contributed by atoms with E-state index in [1.165, 1.54) is 17.8 Å². The first-order valence-corrected chi connectivity index (χ1v) is 8.17. The fourth-order valence-corrected chi connectivity index (χ4v) is 3.19. The highest BCUT2D eigenvalue weighted by molar-refractivity contribution is 8.00. The molecule has 3 rings (SSSR count). The van der Waals surface area contributed by atoms with Crippen LogP contribution < -0.4 is 5.32 Å². The summed E-state index contributed by atoms with van der Waals surface area (Å²) in [5.41, 5.74) is -0.0382. The Morgan fingerprint density at radius 2 is 2.13 bits per heavy atom.